The maximum absolute atomic E-state index is 9.87. The average Bonchev–Trinajstić information content (AvgIpc) is 2.79. The third kappa shape index (κ3) is 7.42. The Balaban J connectivity index is 1.30. The Morgan fingerprint density at radius 1 is 0.875 bits per heavy atom. The Morgan fingerprint density at radius 3 is 2.34 bits per heavy atom. The second-order valence-electron chi connectivity index (χ2n) is 9.12. The predicted octanol–water partition coefficient (Wildman–Crippen LogP) is 4.77. The molecule has 0 spiro atoms. The first kappa shape index (κ1) is 24.4. The van der Waals surface area contributed by atoms with Gasteiger partial charge in [0.25, 0.3) is 0 Å². The number of phenolic OH excluding ortho intramolecular Hbond substituents is 3. The molecular weight excluding hydrogens is 400 g/mol. The van der Waals surface area contributed by atoms with Gasteiger partial charge in [0.1, 0.15) is 5.75 Å². The lowest BCUT2D eigenvalue weighted by molar-refractivity contribution is 0.176. The zero-order chi connectivity index (χ0) is 22.8. The van der Waals surface area contributed by atoms with E-state index in [9.17, 15) is 15.3 Å². The van der Waals surface area contributed by atoms with Crippen LogP contribution in [0.25, 0.3) is 0 Å². The summed E-state index contributed by atoms with van der Waals surface area (Å²) in [6.45, 7) is 6.56. The van der Waals surface area contributed by atoms with E-state index < -0.39 is 0 Å². The van der Waals surface area contributed by atoms with Gasteiger partial charge >= 0.3 is 0 Å². The Hall–Kier alpha value is -2.24. The predicted molar refractivity (Wildman–Crippen MR) is 131 cm³/mol. The van der Waals surface area contributed by atoms with E-state index >= 15 is 0 Å². The molecule has 0 fully saturated rings. The first-order chi connectivity index (χ1) is 15.6. The molecule has 0 aromatic heterocycles. The molecule has 32 heavy (non-hydrogen) atoms. The fraction of sp³-hybridized carbons (Fsp3) is 0.556. The van der Waals surface area contributed by atoms with E-state index in [0.29, 0.717) is 11.8 Å². The van der Waals surface area contributed by atoms with E-state index in [1.165, 1.54) is 42.4 Å². The third-order valence-electron chi connectivity index (χ3n) is 6.60. The SMILES string of the molecule is CCCN(CCCCCCNCCc1ccc(O)cc1)C1CCc2cc(O)c(O)cc2C1. The second kappa shape index (κ2) is 12.7. The third-order valence-corrected chi connectivity index (χ3v) is 6.60. The highest BCUT2D eigenvalue weighted by Crippen LogP contribution is 2.33. The van der Waals surface area contributed by atoms with Gasteiger partial charge in [-0.05, 0) is 112 Å². The van der Waals surface area contributed by atoms with Crippen molar-refractivity contribution in [2.75, 3.05) is 26.2 Å². The van der Waals surface area contributed by atoms with Crippen molar-refractivity contribution < 1.29 is 15.3 Å². The molecule has 1 aliphatic carbocycles. The van der Waals surface area contributed by atoms with Gasteiger partial charge in [-0.3, -0.25) is 0 Å². The van der Waals surface area contributed by atoms with Crippen molar-refractivity contribution in [3.05, 3.63) is 53.1 Å². The van der Waals surface area contributed by atoms with Gasteiger partial charge in [0.05, 0.1) is 0 Å². The molecule has 0 aliphatic heterocycles. The van der Waals surface area contributed by atoms with E-state index in [0.717, 1.165) is 58.3 Å². The number of benzene rings is 2. The summed E-state index contributed by atoms with van der Waals surface area (Å²) >= 11 is 0. The maximum Gasteiger partial charge on any atom is 0.157 e. The molecule has 0 saturated carbocycles. The number of hydrogen-bond donors (Lipinski definition) is 4. The number of aryl methyl sites for hydroxylation is 1. The van der Waals surface area contributed by atoms with Gasteiger partial charge in [0.15, 0.2) is 11.5 Å². The van der Waals surface area contributed by atoms with Crippen LogP contribution in [-0.2, 0) is 19.3 Å². The van der Waals surface area contributed by atoms with E-state index in [1.54, 1.807) is 24.3 Å². The Morgan fingerprint density at radius 2 is 1.59 bits per heavy atom. The molecule has 2 aromatic rings. The summed E-state index contributed by atoms with van der Waals surface area (Å²) in [5.74, 6) is 0.331. The van der Waals surface area contributed by atoms with Crippen LogP contribution < -0.4 is 5.32 Å². The fourth-order valence-corrected chi connectivity index (χ4v) is 4.78. The van der Waals surface area contributed by atoms with E-state index in [4.69, 9.17) is 0 Å². The number of unbranched alkanes of at least 4 members (excludes halogenated alkanes) is 3. The normalized spacial score (nSPS) is 15.8. The first-order valence-corrected chi connectivity index (χ1v) is 12.3. The zero-order valence-electron chi connectivity index (χ0n) is 19.5. The van der Waals surface area contributed by atoms with Gasteiger partial charge in [0, 0.05) is 6.04 Å². The van der Waals surface area contributed by atoms with Crippen molar-refractivity contribution >= 4 is 0 Å². The van der Waals surface area contributed by atoms with Crippen LogP contribution in [0.15, 0.2) is 36.4 Å². The van der Waals surface area contributed by atoms with E-state index in [2.05, 4.69) is 17.1 Å². The highest BCUT2D eigenvalue weighted by atomic mass is 16.3. The molecule has 5 nitrogen and oxygen atoms in total. The van der Waals surface area contributed by atoms with Crippen LogP contribution >= 0.6 is 0 Å². The minimum absolute atomic E-state index is 0.00228. The number of nitrogens with one attached hydrogen (secondary N) is 1. The molecule has 4 N–H and O–H groups in total. The minimum Gasteiger partial charge on any atom is -0.508 e. The summed E-state index contributed by atoms with van der Waals surface area (Å²) in [6, 6.07) is 11.5. The molecule has 1 atom stereocenters. The summed E-state index contributed by atoms with van der Waals surface area (Å²) in [4.78, 5) is 2.64. The van der Waals surface area contributed by atoms with E-state index in [1.807, 2.05) is 12.1 Å². The van der Waals surface area contributed by atoms with Crippen molar-refractivity contribution in [2.45, 2.75) is 70.8 Å². The number of nitrogens with zero attached hydrogens (tertiary/aromatic N) is 1. The van der Waals surface area contributed by atoms with Gasteiger partial charge in [-0.1, -0.05) is 31.9 Å². The Bertz CT molecular complexity index is 822. The van der Waals surface area contributed by atoms with Crippen molar-refractivity contribution in [3.8, 4) is 17.2 Å². The number of fused-ring (bicyclic) bond motifs is 1. The van der Waals surface area contributed by atoms with Gasteiger partial charge in [-0.25, -0.2) is 0 Å². The molecule has 0 bridgehead atoms. The molecule has 1 unspecified atom stereocenters. The molecule has 0 amide bonds. The van der Waals surface area contributed by atoms with Crippen LogP contribution in [0.2, 0.25) is 0 Å². The van der Waals surface area contributed by atoms with Crippen molar-refractivity contribution in [1.29, 1.82) is 0 Å². The standard InChI is InChI=1S/C27H40N2O3/c1-2-16-29(24-10-9-22-19-26(31)27(32)20-23(22)18-24)17-6-4-3-5-14-28-15-13-21-7-11-25(30)12-8-21/h7-8,11-12,19-20,24,28,30-32H,2-6,9-10,13-18H2,1H3. The maximum atomic E-state index is 9.87. The smallest absolute Gasteiger partial charge is 0.157 e. The molecule has 0 radical (unpaired) electrons. The summed E-state index contributed by atoms with van der Waals surface area (Å²) in [5.41, 5.74) is 3.63. The topological polar surface area (TPSA) is 76.0 Å². The monoisotopic (exact) mass is 440 g/mol. The summed E-state index contributed by atoms with van der Waals surface area (Å²) in [7, 11) is 0. The van der Waals surface area contributed by atoms with Crippen LogP contribution in [0.5, 0.6) is 17.2 Å². The van der Waals surface area contributed by atoms with Crippen molar-refractivity contribution in [1.82, 2.24) is 10.2 Å². The summed E-state index contributed by atoms with van der Waals surface area (Å²) in [6.07, 6.45) is 10.2. The fourth-order valence-electron chi connectivity index (χ4n) is 4.78. The lowest BCUT2D eigenvalue weighted by Gasteiger charge is -2.35. The number of phenols is 3. The van der Waals surface area contributed by atoms with Crippen LogP contribution in [-0.4, -0.2) is 52.4 Å². The highest BCUT2D eigenvalue weighted by Gasteiger charge is 2.24. The molecule has 0 saturated heterocycles. The van der Waals surface area contributed by atoms with Gasteiger partial charge in [-0.2, -0.15) is 0 Å². The molecule has 2 aromatic carbocycles. The second-order valence-corrected chi connectivity index (χ2v) is 9.12. The first-order valence-electron chi connectivity index (χ1n) is 12.3. The molecular formula is C27H40N2O3. The molecule has 1 aliphatic rings. The van der Waals surface area contributed by atoms with Crippen molar-refractivity contribution in [3.63, 3.8) is 0 Å². The average molecular weight is 441 g/mol. The molecule has 176 valence electrons. The molecule has 5 heteroatoms. The van der Waals surface area contributed by atoms with Crippen LogP contribution in [0, 0.1) is 0 Å². The number of hydrogen-bond acceptors (Lipinski definition) is 5. The lowest BCUT2D eigenvalue weighted by Crippen LogP contribution is -2.40. The summed E-state index contributed by atoms with van der Waals surface area (Å²) < 4.78 is 0. The Labute approximate surface area is 193 Å². The highest BCUT2D eigenvalue weighted by molar-refractivity contribution is 5.46. The summed E-state index contributed by atoms with van der Waals surface area (Å²) in [5, 5.41) is 32.5. The van der Waals surface area contributed by atoms with Crippen LogP contribution in [0.3, 0.4) is 0 Å². The number of aromatic hydroxyl groups is 3. The van der Waals surface area contributed by atoms with Crippen LogP contribution in [0.1, 0.15) is 62.1 Å². The zero-order valence-corrected chi connectivity index (χ0v) is 19.5. The van der Waals surface area contributed by atoms with E-state index in [-0.39, 0.29) is 11.5 Å². The van der Waals surface area contributed by atoms with Crippen molar-refractivity contribution in [2.24, 2.45) is 0 Å². The Kier molecular flexibility index (Phi) is 9.69. The lowest BCUT2D eigenvalue weighted by atomic mass is 9.87. The largest absolute Gasteiger partial charge is 0.508 e. The number of rotatable bonds is 13. The van der Waals surface area contributed by atoms with Crippen LogP contribution in [0.4, 0.5) is 0 Å². The molecule has 3 rings (SSSR count). The minimum atomic E-state index is 0.00228. The van der Waals surface area contributed by atoms with Gasteiger partial charge in [0.2, 0.25) is 0 Å². The quantitative estimate of drug-likeness (QED) is 0.267. The van der Waals surface area contributed by atoms with Gasteiger partial charge in [-0.15, -0.1) is 0 Å². The van der Waals surface area contributed by atoms with Gasteiger partial charge < -0.3 is 25.5 Å². The molecule has 0 heterocycles.